The SMILES string of the molecule is CCN(CC)C(=O)C[C@@H]1OC[C@@H]2[C@H]1[C@H](CC(=O)NC1CC1)CN2C(C)C. The maximum absolute atomic E-state index is 12.6. The predicted octanol–water partition coefficient (Wildman–Crippen LogP) is 1.64. The first-order chi connectivity index (χ1) is 12.4. The van der Waals surface area contributed by atoms with Crippen molar-refractivity contribution in [1.29, 1.82) is 0 Å². The van der Waals surface area contributed by atoms with Gasteiger partial charge in [0.25, 0.3) is 0 Å². The first-order valence-corrected chi connectivity index (χ1v) is 10.4. The summed E-state index contributed by atoms with van der Waals surface area (Å²) in [6.45, 7) is 11.5. The first-order valence-electron chi connectivity index (χ1n) is 10.4. The molecule has 0 aromatic heterocycles. The normalized spacial score (nSPS) is 31.3. The Labute approximate surface area is 157 Å². The van der Waals surface area contributed by atoms with Crippen LogP contribution in [0.15, 0.2) is 0 Å². The number of fused-ring (bicyclic) bond motifs is 1. The fourth-order valence-corrected chi connectivity index (χ4v) is 4.77. The van der Waals surface area contributed by atoms with Gasteiger partial charge in [0.15, 0.2) is 0 Å². The van der Waals surface area contributed by atoms with Crippen LogP contribution in [0, 0.1) is 11.8 Å². The van der Waals surface area contributed by atoms with Crippen molar-refractivity contribution in [3.05, 3.63) is 0 Å². The van der Waals surface area contributed by atoms with Crippen LogP contribution in [0.2, 0.25) is 0 Å². The maximum Gasteiger partial charge on any atom is 0.225 e. The van der Waals surface area contributed by atoms with Crippen LogP contribution in [0.1, 0.15) is 53.4 Å². The zero-order chi connectivity index (χ0) is 18.8. The fraction of sp³-hybridized carbons (Fsp3) is 0.900. The summed E-state index contributed by atoms with van der Waals surface area (Å²) in [5, 5.41) is 3.12. The fourth-order valence-electron chi connectivity index (χ4n) is 4.77. The highest BCUT2D eigenvalue weighted by molar-refractivity contribution is 5.77. The molecular formula is C20H35N3O3. The van der Waals surface area contributed by atoms with Gasteiger partial charge in [-0.15, -0.1) is 0 Å². The van der Waals surface area contributed by atoms with Crippen molar-refractivity contribution in [2.75, 3.05) is 26.2 Å². The molecule has 26 heavy (non-hydrogen) atoms. The first kappa shape index (κ1) is 19.6. The molecule has 0 radical (unpaired) electrons. The molecule has 1 saturated carbocycles. The number of ether oxygens (including phenoxy) is 1. The number of nitrogens with one attached hydrogen (secondary N) is 1. The van der Waals surface area contributed by atoms with Crippen LogP contribution in [0.25, 0.3) is 0 Å². The molecule has 6 heteroatoms. The van der Waals surface area contributed by atoms with Crippen LogP contribution < -0.4 is 5.32 Å². The van der Waals surface area contributed by atoms with E-state index in [0.717, 1.165) is 32.5 Å². The van der Waals surface area contributed by atoms with Gasteiger partial charge >= 0.3 is 0 Å². The topological polar surface area (TPSA) is 61.9 Å². The second kappa shape index (κ2) is 8.26. The zero-order valence-electron chi connectivity index (χ0n) is 16.7. The number of hydrogen-bond donors (Lipinski definition) is 1. The lowest BCUT2D eigenvalue weighted by molar-refractivity contribution is -0.133. The van der Waals surface area contributed by atoms with Crippen molar-refractivity contribution in [1.82, 2.24) is 15.1 Å². The summed E-state index contributed by atoms with van der Waals surface area (Å²) in [7, 11) is 0. The summed E-state index contributed by atoms with van der Waals surface area (Å²) < 4.78 is 6.09. The van der Waals surface area contributed by atoms with Crippen LogP contribution in [0.5, 0.6) is 0 Å². The van der Waals surface area contributed by atoms with E-state index in [1.54, 1.807) is 0 Å². The third-order valence-electron chi connectivity index (χ3n) is 6.32. The van der Waals surface area contributed by atoms with E-state index in [9.17, 15) is 9.59 Å². The van der Waals surface area contributed by atoms with Crippen molar-refractivity contribution in [2.24, 2.45) is 11.8 Å². The van der Waals surface area contributed by atoms with Gasteiger partial charge < -0.3 is 15.0 Å². The Bertz CT molecular complexity index is 516. The molecule has 0 aromatic rings. The molecule has 2 heterocycles. The quantitative estimate of drug-likeness (QED) is 0.710. The molecule has 0 unspecified atom stereocenters. The number of carbonyl (C=O) groups excluding carboxylic acids is 2. The Kier molecular flexibility index (Phi) is 6.23. The molecule has 148 valence electrons. The zero-order valence-corrected chi connectivity index (χ0v) is 16.7. The maximum atomic E-state index is 12.6. The van der Waals surface area contributed by atoms with E-state index < -0.39 is 0 Å². The summed E-state index contributed by atoms with van der Waals surface area (Å²) in [6, 6.07) is 1.17. The molecule has 3 rings (SSSR count). The molecule has 0 bridgehead atoms. The van der Waals surface area contributed by atoms with Gasteiger partial charge in [0, 0.05) is 50.1 Å². The van der Waals surface area contributed by atoms with Crippen molar-refractivity contribution < 1.29 is 14.3 Å². The van der Waals surface area contributed by atoms with Crippen molar-refractivity contribution in [2.45, 2.75) is 77.6 Å². The molecule has 1 N–H and O–H groups in total. The van der Waals surface area contributed by atoms with E-state index in [0.29, 0.717) is 37.6 Å². The number of nitrogens with zero attached hydrogens (tertiary/aromatic N) is 2. The van der Waals surface area contributed by atoms with Crippen LogP contribution in [0.4, 0.5) is 0 Å². The average Bonchev–Trinajstić information content (AvgIpc) is 3.18. The van der Waals surface area contributed by atoms with Crippen LogP contribution in [0.3, 0.4) is 0 Å². The van der Waals surface area contributed by atoms with Gasteiger partial charge in [-0.2, -0.15) is 0 Å². The predicted molar refractivity (Wildman–Crippen MR) is 101 cm³/mol. The van der Waals surface area contributed by atoms with E-state index in [1.165, 1.54) is 0 Å². The summed E-state index contributed by atoms with van der Waals surface area (Å²) in [5.41, 5.74) is 0. The van der Waals surface area contributed by atoms with Crippen LogP contribution >= 0.6 is 0 Å². The van der Waals surface area contributed by atoms with Crippen LogP contribution in [-0.4, -0.2) is 72.1 Å². The molecule has 4 atom stereocenters. The minimum absolute atomic E-state index is 0.0597. The molecule has 2 amide bonds. The Morgan fingerprint density at radius 3 is 2.46 bits per heavy atom. The van der Waals surface area contributed by atoms with Crippen molar-refractivity contribution in [3.63, 3.8) is 0 Å². The highest BCUT2D eigenvalue weighted by atomic mass is 16.5. The van der Waals surface area contributed by atoms with Gasteiger partial charge in [-0.25, -0.2) is 0 Å². The van der Waals surface area contributed by atoms with Gasteiger partial charge in [0.1, 0.15) is 0 Å². The third-order valence-corrected chi connectivity index (χ3v) is 6.32. The molecule has 6 nitrogen and oxygen atoms in total. The van der Waals surface area contributed by atoms with E-state index in [2.05, 4.69) is 24.1 Å². The monoisotopic (exact) mass is 365 g/mol. The highest BCUT2D eigenvalue weighted by Gasteiger charge is 2.52. The third kappa shape index (κ3) is 4.22. The van der Waals surface area contributed by atoms with Crippen molar-refractivity contribution >= 4 is 11.8 Å². The molecule has 3 aliphatic rings. The summed E-state index contributed by atoms with van der Waals surface area (Å²) in [4.78, 5) is 29.3. The van der Waals surface area contributed by atoms with Crippen molar-refractivity contribution in [3.8, 4) is 0 Å². The number of carbonyl (C=O) groups is 2. The minimum atomic E-state index is -0.0597. The van der Waals surface area contributed by atoms with E-state index >= 15 is 0 Å². The number of rotatable bonds is 8. The second-order valence-electron chi connectivity index (χ2n) is 8.38. The highest BCUT2D eigenvalue weighted by Crippen LogP contribution is 2.42. The van der Waals surface area contributed by atoms with Gasteiger partial charge in [0.2, 0.25) is 11.8 Å². The standard InChI is InChI=1S/C20H35N3O3/c1-5-22(6-2)19(25)10-17-20-14(9-18(24)21-15-7-8-15)11-23(13(3)4)16(20)12-26-17/h13-17,20H,5-12H2,1-4H3,(H,21,24)/t14-,16-,17+,20-/m1/s1. The smallest absolute Gasteiger partial charge is 0.225 e. The molecular weight excluding hydrogens is 330 g/mol. The number of amides is 2. The lowest BCUT2D eigenvalue weighted by atomic mass is 9.84. The van der Waals surface area contributed by atoms with Gasteiger partial charge in [-0.05, 0) is 46.5 Å². The molecule has 2 aliphatic heterocycles. The second-order valence-corrected chi connectivity index (χ2v) is 8.38. The molecule has 1 aliphatic carbocycles. The van der Waals surface area contributed by atoms with E-state index in [-0.39, 0.29) is 29.8 Å². The number of likely N-dealkylation sites (tertiary alicyclic amines) is 1. The minimum Gasteiger partial charge on any atom is -0.376 e. The van der Waals surface area contributed by atoms with E-state index in [4.69, 9.17) is 4.74 Å². The molecule has 3 fully saturated rings. The molecule has 0 spiro atoms. The molecule has 2 saturated heterocycles. The summed E-state index contributed by atoms with van der Waals surface area (Å²) >= 11 is 0. The lowest BCUT2D eigenvalue weighted by Crippen LogP contribution is -2.39. The Balaban J connectivity index is 1.67. The Morgan fingerprint density at radius 1 is 1.19 bits per heavy atom. The molecule has 0 aromatic carbocycles. The Hall–Kier alpha value is -1.14. The van der Waals surface area contributed by atoms with Gasteiger partial charge in [-0.1, -0.05) is 0 Å². The summed E-state index contributed by atoms with van der Waals surface area (Å²) in [5.74, 6) is 0.896. The Morgan fingerprint density at radius 2 is 1.88 bits per heavy atom. The number of hydrogen-bond acceptors (Lipinski definition) is 4. The average molecular weight is 366 g/mol. The van der Waals surface area contributed by atoms with Crippen LogP contribution in [-0.2, 0) is 14.3 Å². The van der Waals surface area contributed by atoms with E-state index in [1.807, 2.05) is 18.7 Å². The van der Waals surface area contributed by atoms with Gasteiger partial charge in [0.05, 0.1) is 19.1 Å². The van der Waals surface area contributed by atoms with Gasteiger partial charge in [-0.3, -0.25) is 14.5 Å². The summed E-state index contributed by atoms with van der Waals surface area (Å²) in [6.07, 6.45) is 3.17. The largest absolute Gasteiger partial charge is 0.376 e. The lowest BCUT2D eigenvalue weighted by Gasteiger charge is -2.26.